The van der Waals surface area contributed by atoms with Gasteiger partial charge in [-0.3, -0.25) is 9.69 Å². The molecule has 2 aromatic rings. The minimum Gasteiger partial charge on any atom is -0.379 e. The third-order valence-corrected chi connectivity index (χ3v) is 4.37. The van der Waals surface area contributed by atoms with Crippen LogP contribution < -0.4 is 10.6 Å². The lowest BCUT2D eigenvalue weighted by Gasteiger charge is -2.26. The molecule has 0 aliphatic carbocycles. The number of anilines is 1. The van der Waals surface area contributed by atoms with Crippen molar-refractivity contribution in [2.24, 2.45) is 0 Å². The molecule has 1 atom stereocenters. The van der Waals surface area contributed by atoms with Crippen LogP contribution in [0.1, 0.15) is 29.0 Å². The fourth-order valence-corrected chi connectivity index (χ4v) is 2.80. The van der Waals surface area contributed by atoms with E-state index < -0.39 is 0 Å². The van der Waals surface area contributed by atoms with Crippen LogP contribution >= 0.6 is 0 Å². The van der Waals surface area contributed by atoms with Gasteiger partial charge in [-0.1, -0.05) is 30.3 Å². The van der Waals surface area contributed by atoms with Gasteiger partial charge >= 0.3 is 0 Å². The number of hydrogen-bond donors (Lipinski definition) is 2. The number of hydrogen-bond acceptors (Lipinski definition) is 6. The number of morpholine rings is 1. The van der Waals surface area contributed by atoms with Crippen molar-refractivity contribution in [1.82, 2.24) is 20.2 Å². The van der Waals surface area contributed by atoms with E-state index in [4.69, 9.17) is 4.74 Å². The van der Waals surface area contributed by atoms with E-state index >= 15 is 0 Å². The van der Waals surface area contributed by atoms with Crippen molar-refractivity contribution in [2.75, 3.05) is 44.7 Å². The Kier molecular flexibility index (Phi) is 6.51. The first kappa shape index (κ1) is 18.3. The Bertz CT molecular complexity index is 687. The predicted octanol–water partition coefficient (Wildman–Crippen LogP) is 1.71. The third-order valence-electron chi connectivity index (χ3n) is 4.37. The van der Waals surface area contributed by atoms with Gasteiger partial charge in [-0.2, -0.15) is 0 Å². The number of nitrogens with zero attached hydrogens (tertiary/aromatic N) is 3. The highest BCUT2D eigenvalue weighted by molar-refractivity contribution is 5.92. The van der Waals surface area contributed by atoms with E-state index in [0.717, 1.165) is 45.0 Å². The Labute approximate surface area is 153 Å². The van der Waals surface area contributed by atoms with Crippen LogP contribution in [0.25, 0.3) is 0 Å². The van der Waals surface area contributed by atoms with Crippen LogP contribution in [0, 0.1) is 0 Å². The van der Waals surface area contributed by atoms with Crippen molar-refractivity contribution in [3.63, 3.8) is 0 Å². The Morgan fingerprint density at radius 3 is 2.65 bits per heavy atom. The summed E-state index contributed by atoms with van der Waals surface area (Å²) in [6.45, 7) is 7.18. The molecule has 7 heteroatoms. The smallest absolute Gasteiger partial charge is 0.271 e. The normalized spacial score (nSPS) is 16.0. The lowest BCUT2D eigenvalue weighted by molar-refractivity contribution is 0.0398. The van der Waals surface area contributed by atoms with Gasteiger partial charge in [0.05, 0.1) is 31.6 Å². The van der Waals surface area contributed by atoms with E-state index in [1.54, 1.807) is 6.20 Å². The predicted molar refractivity (Wildman–Crippen MR) is 100 cm³/mol. The summed E-state index contributed by atoms with van der Waals surface area (Å²) in [7, 11) is 0. The van der Waals surface area contributed by atoms with Gasteiger partial charge in [0.15, 0.2) is 0 Å². The first-order valence-electron chi connectivity index (χ1n) is 8.94. The minimum atomic E-state index is -0.228. The Balaban J connectivity index is 1.46. The minimum absolute atomic E-state index is 0.0863. The zero-order valence-corrected chi connectivity index (χ0v) is 15.0. The number of carbonyl (C=O) groups excluding carboxylic acids is 1. The molecule has 1 fully saturated rings. The fourth-order valence-electron chi connectivity index (χ4n) is 2.80. The highest BCUT2D eigenvalue weighted by Gasteiger charge is 2.13. The Hall–Kier alpha value is -2.51. The standard InChI is InChI=1S/C19H25N5O2/c1-15(16-5-3-2-4-6-16)23-19(25)17-13-22-18(14-21-17)20-7-8-24-9-11-26-12-10-24/h2-6,13-15H,7-12H2,1H3,(H,20,22)(H,23,25). The van der Waals surface area contributed by atoms with Gasteiger partial charge in [0.2, 0.25) is 0 Å². The maximum atomic E-state index is 12.3. The van der Waals surface area contributed by atoms with Gasteiger partial charge in [-0.15, -0.1) is 0 Å². The molecule has 1 unspecified atom stereocenters. The van der Waals surface area contributed by atoms with E-state index in [9.17, 15) is 4.79 Å². The summed E-state index contributed by atoms with van der Waals surface area (Å²) in [6, 6.07) is 9.74. The Morgan fingerprint density at radius 2 is 1.96 bits per heavy atom. The van der Waals surface area contributed by atoms with Crippen LogP contribution in [0.3, 0.4) is 0 Å². The molecule has 1 saturated heterocycles. The number of amides is 1. The molecule has 1 amide bonds. The molecular weight excluding hydrogens is 330 g/mol. The lowest BCUT2D eigenvalue weighted by Crippen LogP contribution is -2.39. The van der Waals surface area contributed by atoms with Crippen molar-refractivity contribution < 1.29 is 9.53 Å². The highest BCUT2D eigenvalue weighted by atomic mass is 16.5. The number of benzene rings is 1. The van der Waals surface area contributed by atoms with Crippen LogP contribution in [0.5, 0.6) is 0 Å². The maximum Gasteiger partial charge on any atom is 0.271 e. The molecule has 0 saturated carbocycles. The zero-order valence-electron chi connectivity index (χ0n) is 15.0. The van der Waals surface area contributed by atoms with E-state index in [2.05, 4.69) is 25.5 Å². The zero-order chi connectivity index (χ0) is 18.2. The molecule has 0 radical (unpaired) electrons. The molecule has 138 valence electrons. The second-order valence-electron chi connectivity index (χ2n) is 6.27. The molecule has 1 aliphatic rings. The molecule has 26 heavy (non-hydrogen) atoms. The van der Waals surface area contributed by atoms with E-state index in [-0.39, 0.29) is 11.9 Å². The van der Waals surface area contributed by atoms with Gasteiger partial charge in [0.1, 0.15) is 11.5 Å². The summed E-state index contributed by atoms with van der Waals surface area (Å²) >= 11 is 0. The second kappa shape index (κ2) is 9.26. The highest BCUT2D eigenvalue weighted by Crippen LogP contribution is 2.12. The number of nitrogens with one attached hydrogen (secondary N) is 2. The number of rotatable bonds is 7. The van der Waals surface area contributed by atoms with Crippen molar-refractivity contribution in [2.45, 2.75) is 13.0 Å². The molecule has 0 spiro atoms. The summed E-state index contributed by atoms with van der Waals surface area (Å²) < 4.78 is 5.33. The van der Waals surface area contributed by atoms with Crippen LogP contribution in [0.15, 0.2) is 42.7 Å². The van der Waals surface area contributed by atoms with Crippen molar-refractivity contribution >= 4 is 11.7 Å². The molecule has 2 N–H and O–H groups in total. The third kappa shape index (κ3) is 5.24. The number of carbonyl (C=O) groups is 1. The monoisotopic (exact) mass is 355 g/mol. The summed E-state index contributed by atoms with van der Waals surface area (Å²) in [5, 5.41) is 6.17. The second-order valence-corrected chi connectivity index (χ2v) is 6.27. The van der Waals surface area contributed by atoms with Crippen LogP contribution in [-0.4, -0.2) is 60.2 Å². The summed E-state index contributed by atoms with van der Waals surface area (Å²) in [5.74, 6) is 0.444. The van der Waals surface area contributed by atoms with E-state index in [0.29, 0.717) is 11.5 Å². The molecule has 1 aromatic carbocycles. The van der Waals surface area contributed by atoms with Gasteiger partial charge < -0.3 is 15.4 Å². The first-order valence-corrected chi connectivity index (χ1v) is 8.94. The largest absolute Gasteiger partial charge is 0.379 e. The summed E-state index contributed by atoms with van der Waals surface area (Å²) in [5.41, 5.74) is 1.36. The van der Waals surface area contributed by atoms with Gasteiger partial charge in [0, 0.05) is 26.2 Å². The molecule has 0 bridgehead atoms. The number of aromatic nitrogens is 2. The number of ether oxygens (including phenoxy) is 1. The Morgan fingerprint density at radius 1 is 1.19 bits per heavy atom. The van der Waals surface area contributed by atoms with Crippen LogP contribution in [0.4, 0.5) is 5.82 Å². The summed E-state index contributed by atoms with van der Waals surface area (Å²) in [4.78, 5) is 23.2. The van der Waals surface area contributed by atoms with Crippen LogP contribution in [0.2, 0.25) is 0 Å². The topological polar surface area (TPSA) is 79.4 Å². The first-order chi connectivity index (χ1) is 12.7. The molecule has 2 heterocycles. The maximum absolute atomic E-state index is 12.3. The average Bonchev–Trinajstić information content (AvgIpc) is 2.70. The molecular formula is C19H25N5O2. The van der Waals surface area contributed by atoms with Crippen molar-refractivity contribution in [1.29, 1.82) is 0 Å². The quantitative estimate of drug-likeness (QED) is 0.787. The fraction of sp³-hybridized carbons (Fsp3) is 0.421. The SMILES string of the molecule is CC(NC(=O)c1cnc(NCCN2CCOCC2)cn1)c1ccccc1. The summed E-state index contributed by atoms with van der Waals surface area (Å²) in [6.07, 6.45) is 3.10. The lowest BCUT2D eigenvalue weighted by atomic mass is 10.1. The molecule has 1 aliphatic heterocycles. The van der Waals surface area contributed by atoms with E-state index in [1.807, 2.05) is 37.3 Å². The molecule has 3 rings (SSSR count). The average molecular weight is 355 g/mol. The van der Waals surface area contributed by atoms with Crippen molar-refractivity contribution in [3.8, 4) is 0 Å². The van der Waals surface area contributed by atoms with Crippen molar-refractivity contribution in [3.05, 3.63) is 54.0 Å². The molecule has 7 nitrogen and oxygen atoms in total. The molecule has 1 aromatic heterocycles. The van der Waals surface area contributed by atoms with Crippen LogP contribution in [-0.2, 0) is 4.74 Å². The van der Waals surface area contributed by atoms with Gasteiger partial charge in [-0.25, -0.2) is 9.97 Å². The van der Waals surface area contributed by atoms with E-state index in [1.165, 1.54) is 6.20 Å². The van der Waals surface area contributed by atoms with Gasteiger partial charge in [-0.05, 0) is 12.5 Å². The van der Waals surface area contributed by atoms with Gasteiger partial charge in [0.25, 0.3) is 5.91 Å².